The molecule has 0 spiro atoms. The van der Waals surface area contributed by atoms with Gasteiger partial charge in [-0.3, -0.25) is 4.79 Å². The van der Waals surface area contributed by atoms with E-state index in [2.05, 4.69) is 39.1 Å². The van der Waals surface area contributed by atoms with Crippen LogP contribution in [0.15, 0.2) is 59.8 Å². The molecule has 0 unspecified atom stereocenters. The fraction of sp³-hybridized carbons (Fsp3) is 0.400. The summed E-state index contributed by atoms with van der Waals surface area (Å²) in [5.74, 6) is 1.84. The highest BCUT2D eigenvalue weighted by molar-refractivity contribution is 7.99. The summed E-state index contributed by atoms with van der Waals surface area (Å²) < 4.78 is 2.11. The normalized spacial score (nSPS) is 18.4. The first-order chi connectivity index (χ1) is 15.6. The van der Waals surface area contributed by atoms with Crippen LogP contribution in [0.5, 0.6) is 0 Å². The molecule has 0 aliphatic heterocycles. The van der Waals surface area contributed by atoms with Gasteiger partial charge >= 0.3 is 0 Å². The first kappa shape index (κ1) is 22.9. The molecule has 0 saturated heterocycles. The summed E-state index contributed by atoms with van der Waals surface area (Å²) in [4.78, 5) is 12.6. The minimum absolute atomic E-state index is 0.0689. The molecule has 3 aromatic rings. The average Bonchev–Trinajstić information content (AvgIpc) is 3.17. The van der Waals surface area contributed by atoms with Gasteiger partial charge in [0.25, 0.3) is 0 Å². The van der Waals surface area contributed by atoms with Crippen molar-refractivity contribution in [3.05, 3.63) is 76.6 Å². The van der Waals surface area contributed by atoms with Crippen molar-refractivity contribution in [1.82, 2.24) is 20.1 Å². The molecule has 1 N–H and O–H groups in total. The number of benzene rings is 2. The first-order valence-corrected chi connectivity index (χ1v) is 12.6. The number of carbonyl (C=O) groups excluding carboxylic acids is 1. The zero-order chi connectivity index (χ0) is 22.3. The van der Waals surface area contributed by atoms with Gasteiger partial charge in [-0.25, -0.2) is 0 Å². The number of hydrogen-bond acceptors (Lipinski definition) is 4. The van der Waals surface area contributed by atoms with Gasteiger partial charge in [-0.05, 0) is 42.0 Å². The van der Waals surface area contributed by atoms with E-state index in [1.807, 2.05) is 42.5 Å². The van der Waals surface area contributed by atoms with Gasteiger partial charge in [0.05, 0.1) is 12.3 Å². The zero-order valence-corrected chi connectivity index (χ0v) is 19.9. The average molecular weight is 469 g/mol. The van der Waals surface area contributed by atoms with E-state index in [1.54, 1.807) is 0 Å². The summed E-state index contributed by atoms with van der Waals surface area (Å²) in [6.07, 6.45) is 5.41. The third-order valence-corrected chi connectivity index (χ3v) is 7.26. The van der Waals surface area contributed by atoms with Crippen LogP contribution in [0.2, 0.25) is 5.02 Å². The van der Waals surface area contributed by atoms with Crippen LogP contribution in [-0.2, 0) is 17.8 Å². The molecule has 0 bridgehead atoms. The number of nitrogens with one attached hydrogen (secondary N) is 1. The van der Waals surface area contributed by atoms with E-state index in [0.717, 1.165) is 23.0 Å². The van der Waals surface area contributed by atoms with Crippen molar-refractivity contribution in [2.75, 3.05) is 5.75 Å². The van der Waals surface area contributed by atoms with Crippen LogP contribution >= 0.6 is 23.4 Å². The quantitative estimate of drug-likeness (QED) is 0.452. The van der Waals surface area contributed by atoms with Gasteiger partial charge in [0.2, 0.25) is 5.91 Å². The SMILES string of the molecule is C[C@@H]1CCCC[C@H]1NC(=O)CSc1nnc(Cc2ccccc2)n1Cc1ccc(Cl)cc1. The maximum Gasteiger partial charge on any atom is 0.230 e. The Labute approximate surface area is 199 Å². The molecular weight excluding hydrogens is 440 g/mol. The minimum atomic E-state index is 0.0689. The molecule has 5 nitrogen and oxygen atoms in total. The van der Waals surface area contributed by atoms with Crippen molar-refractivity contribution in [1.29, 1.82) is 0 Å². The highest BCUT2D eigenvalue weighted by Gasteiger charge is 2.23. The number of carbonyl (C=O) groups is 1. The topological polar surface area (TPSA) is 59.8 Å². The number of halogens is 1. The van der Waals surface area contributed by atoms with Crippen LogP contribution in [0.3, 0.4) is 0 Å². The summed E-state index contributed by atoms with van der Waals surface area (Å²) in [5, 5.41) is 13.6. The lowest BCUT2D eigenvalue weighted by atomic mass is 9.86. The fourth-order valence-corrected chi connectivity index (χ4v) is 5.07. The van der Waals surface area contributed by atoms with E-state index in [9.17, 15) is 4.79 Å². The molecule has 0 radical (unpaired) electrons. The predicted octanol–water partition coefficient (Wildman–Crippen LogP) is 5.36. The van der Waals surface area contributed by atoms with Crippen LogP contribution in [0.1, 0.15) is 49.6 Å². The Morgan fingerprint density at radius 1 is 1.06 bits per heavy atom. The van der Waals surface area contributed by atoms with Crippen molar-refractivity contribution in [2.24, 2.45) is 5.92 Å². The first-order valence-electron chi connectivity index (χ1n) is 11.2. The summed E-state index contributed by atoms with van der Waals surface area (Å²) >= 11 is 7.51. The number of amides is 1. The van der Waals surface area contributed by atoms with Crippen molar-refractivity contribution in [2.45, 2.75) is 56.8 Å². The molecular formula is C25H29ClN4OS. The van der Waals surface area contributed by atoms with Crippen LogP contribution in [0, 0.1) is 5.92 Å². The second-order valence-electron chi connectivity index (χ2n) is 8.50. The van der Waals surface area contributed by atoms with Crippen molar-refractivity contribution in [3.63, 3.8) is 0 Å². The standard InChI is InChI=1S/C25H29ClN4OS/c1-18-7-5-6-10-22(18)27-24(31)17-32-25-29-28-23(15-19-8-3-2-4-9-19)30(25)16-20-11-13-21(26)14-12-20/h2-4,8-9,11-14,18,22H,5-7,10,15-17H2,1H3,(H,27,31)/t18-,22-/m1/s1. The van der Waals surface area contributed by atoms with E-state index in [4.69, 9.17) is 11.6 Å². The van der Waals surface area contributed by atoms with E-state index >= 15 is 0 Å². The molecule has 32 heavy (non-hydrogen) atoms. The van der Waals surface area contributed by atoms with E-state index in [1.165, 1.54) is 36.6 Å². The Kier molecular flexibility index (Phi) is 7.87. The van der Waals surface area contributed by atoms with Crippen LogP contribution in [-0.4, -0.2) is 32.5 Å². The lowest BCUT2D eigenvalue weighted by Crippen LogP contribution is -2.41. The maximum atomic E-state index is 12.6. The minimum Gasteiger partial charge on any atom is -0.352 e. The molecule has 2 aromatic carbocycles. The van der Waals surface area contributed by atoms with Crippen molar-refractivity contribution >= 4 is 29.3 Å². The van der Waals surface area contributed by atoms with Gasteiger partial charge in [-0.2, -0.15) is 0 Å². The van der Waals surface area contributed by atoms with Gasteiger partial charge in [0, 0.05) is 17.5 Å². The number of aromatic nitrogens is 3. The third kappa shape index (κ3) is 6.14. The summed E-state index contributed by atoms with van der Waals surface area (Å²) in [6.45, 7) is 2.87. The number of nitrogens with zero attached hydrogens (tertiary/aromatic N) is 3. The van der Waals surface area contributed by atoms with E-state index in [-0.39, 0.29) is 11.9 Å². The van der Waals surface area contributed by atoms with Gasteiger partial charge in [0.1, 0.15) is 5.82 Å². The summed E-state index contributed by atoms with van der Waals surface area (Å²) in [7, 11) is 0. The fourth-order valence-electron chi connectivity index (χ4n) is 4.18. The Bertz CT molecular complexity index is 1020. The lowest BCUT2D eigenvalue weighted by Gasteiger charge is -2.29. The Hall–Kier alpha value is -2.31. The van der Waals surface area contributed by atoms with E-state index in [0.29, 0.717) is 29.7 Å². The molecule has 1 saturated carbocycles. The summed E-state index contributed by atoms with van der Waals surface area (Å²) in [6, 6.07) is 18.4. The molecule has 1 aromatic heterocycles. The predicted molar refractivity (Wildman–Crippen MR) is 130 cm³/mol. The third-order valence-electron chi connectivity index (χ3n) is 6.04. The second-order valence-corrected chi connectivity index (χ2v) is 9.88. The molecule has 1 amide bonds. The molecule has 1 fully saturated rings. The molecule has 1 heterocycles. The highest BCUT2D eigenvalue weighted by atomic mass is 35.5. The molecule has 1 aliphatic carbocycles. The van der Waals surface area contributed by atoms with Crippen LogP contribution in [0.4, 0.5) is 0 Å². The summed E-state index contributed by atoms with van der Waals surface area (Å²) in [5.41, 5.74) is 2.30. The van der Waals surface area contributed by atoms with Gasteiger partial charge in [-0.1, -0.05) is 85.6 Å². The smallest absolute Gasteiger partial charge is 0.230 e. The van der Waals surface area contributed by atoms with Gasteiger partial charge in [0.15, 0.2) is 5.16 Å². The number of rotatable bonds is 8. The van der Waals surface area contributed by atoms with Crippen LogP contribution < -0.4 is 5.32 Å². The molecule has 1 aliphatic rings. The molecule has 168 valence electrons. The number of hydrogen-bond donors (Lipinski definition) is 1. The van der Waals surface area contributed by atoms with Gasteiger partial charge in [-0.15, -0.1) is 10.2 Å². The van der Waals surface area contributed by atoms with Crippen molar-refractivity contribution in [3.8, 4) is 0 Å². The van der Waals surface area contributed by atoms with Gasteiger partial charge < -0.3 is 9.88 Å². The molecule has 2 atom stereocenters. The maximum absolute atomic E-state index is 12.6. The molecule has 4 rings (SSSR count). The van der Waals surface area contributed by atoms with E-state index < -0.39 is 0 Å². The largest absolute Gasteiger partial charge is 0.352 e. The zero-order valence-electron chi connectivity index (χ0n) is 18.3. The van der Waals surface area contributed by atoms with Crippen LogP contribution in [0.25, 0.3) is 0 Å². The Balaban J connectivity index is 1.47. The lowest BCUT2D eigenvalue weighted by molar-refractivity contribution is -0.119. The number of thioether (sulfide) groups is 1. The highest BCUT2D eigenvalue weighted by Crippen LogP contribution is 2.25. The monoisotopic (exact) mass is 468 g/mol. The van der Waals surface area contributed by atoms with Crippen molar-refractivity contribution < 1.29 is 4.79 Å². The second kappa shape index (κ2) is 11.0. The Morgan fingerprint density at radius 3 is 2.56 bits per heavy atom. The Morgan fingerprint density at radius 2 is 1.81 bits per heavy atom. The molecule has 7 heteroatoms.